The van der Waals surface area contributed by atoms with Gasteiger partial charge in [0, 0.05) is 54.4 Å². The van der Waals surface area contributed by atoms with Gasteiger partial charge in [0.2, 0.25) is 0 Å². The van der Waals surface area contributed by atoms with Crippen LogP contribution in [0.3, 0.4) is 0 Å². The van der Waals surface area contributed by atoms with Gasteiger partial charge < -0.3 is 5.32 Å². The third-order valence-electron chi connectivity index (χ3n) is 7.92. The van der Waals surface area contributed by atoms with Crippen molar-refractivity contribution in [3.8, 4) is 22.3 Å². The van der Waals surface area contributed by atoms with Gasteiger partial charge in [0.25, 0.3) is 5.91 Å². The number of thiophene rings is 1. The zero-order valence-electron chi connectivity index (χ0n) is 20.8. The highest BCUT2D eigenvalue weighted by Crippen LogP contribution is 2.35. The fraction of sp³-hybridized carbons (Fsp3) is 0.481. The Balaban J connectivity index is 1.18. The molecule has 1 saturated heterocycles. The second-order valence-corrected chi connectivity index (χ2v) is 11.2. The van der Waals surface area contributed by atoms with Crippen molar-refractivity contribution in [3.63, 3.8) is 0 Å². The number of rotatable bonds is 6. The highest BCUT2D eigenvalue weighted by atomic mass is 32.1. The molecule has 36 heavy (non-hydrogen) atoms. The van der Waals surface area contributed by atoms with E-state index in [1.807, 2.05) is 49.5 Å². The molecule has 9 heteroatoms. The van der Waals surface area contributed by atoms with Crippen molar-refractivity contribution in [2.45, 2.75) is 56.9 Å². The van der Waals surface area contributed by atoms with Gasteiger partial charge in [0.1, 0.15) is 0 Å². The number of carbonyl (C=O) groups excluding carboxylic acids is 1. The molecule has 1 saturated carbocycles. The van der Waals surface area contributed by atoms with Gasteiger partial charge in [0.15, 0.2) is 5.65 Å². The molecule has 4 aromatic rings. The molecule has 1 aliphatic carbocycles. The number of hydrogen-bond acceptors (Lipinski definition) is 6. The van der Waals surface area contributed by atoms with E-state index in [0.29, 0.717) is 0 Å². The van der Waals surface area contributed by atoms with Crippen LogP contribution in [0.4, 0.5) is 0 Å². The summed E-state index contributed by atoms with van der Waals surface area (Å²) in [5, 5.41) is 14.1. The summed E-state index contributed by atoms with van der Waals surface area (Å²) in [7, 11) is 1.90. The van der Waals surface area contributed by atoms with Gasteiger partial charge in [0.05, 0.1) is 17.3 Å². The first-order chi connectivity index (χ1) is 17.6. The number of nitrogens with one attached hydrogen (secondary N) is 1. The molecule has 0 atom stereocenters. The minimum Gasteiger partial charge on any atom is -0.349 e. The second kappa shape index (κ2) is 9.78. The zero-order chi connectivity index (χ0) is 24.5. The van der Waals surface area contributed by atoms with E-state index in [-0.39, 0.29) is 11.4 Å². The quantitative estimate of drug-likeness (QED) is 0.410. The number of hydrogen-bond donors (Lipinski definition) is 1. The summed E-state index contributed by atoms with van der Waals surface area (Å²) in [4.78, 5) is 21.3. The standard InChI is InChI=1S/C27H33N7OS/c1-32-16-22(14-30-32)21-13-28-25-23(15-31-34(25)17-21)20-12-24(36-18-20)26(35)29-19-27(8-4-2-5-9-27)33-10-6-3-7-11-33/h12-18H,2-11,19H2,1H3,(H,29,35). The fourth-order valence-electron chi connectivity index (χ4n) is 5.91. The highest BCUT2D eigenvalue weighted by molar-refractivity contribution is 7.12. The lowest BCUT2D eigenvalue weighted by Gasteiger charge is -2.48. The predicted octanol–water partition coefficient (Wildman–Crippen LogP) is 4.78. The molecule has 5 heterocycles. The Hall–Kier alpha value is -3.04. The van der Waals surface area contributed by atoms with Crippen LogP contribution < -0.4 is 5.32 Å². The number of amides is 1. The number of aromatic nitrogens is 5. The summed E-state index contributed by atoms with van der Waals surface area (Å²) < 4.78 is 3.56. The van der Waals surface area contributed by atoms with Crippen molar-refractivity contribution in [1.29, 1.82) is 0 Å². The molecule has 188 valence electrons. The molecular weight excluding hydrogens is 470 g/mol. The van der Waals surface area contributed by atoms with Crippen molar-refractivity contribution < 1.29 is 4.79 Å². The van der Waals surface area contributed by atoms with Crippen LogP contribution in [0.15, 0.2) is 42.4 Å². The van der Waals surface area contributed by atoms with Crippen LogP contribution in [-0.4, -0.2) is 60.4 Å². The molecule has 0 spiro atoms. The monoisotopic (exact) mass is 503 g/mol. The van der Waals surface area contributed by atoms with E-state index in [1.165, 1.54) is 75.8 Å². The van der Waals surface area contributed by atoms with Crippen LogP contribution >= 0.6 is 11.3 Å². The van der Waals surface area contributed by atoms with Crippen LogP contribution in [0.25, 0.3) is 27.9 Å². The number of carbonyl (C=O) groups is 1. The molecular formula is C27H33N7OS. The molecule has 1 aliphatic heterocycles. The van der Waals surface area contributed by atoms with E-state index in [4.69, 9.17) is 0 Å². The lowest BCUT2D eigenvalue weighted by atomic mass is 9.79. The van der Waals surface area contributed by atoms with E-state index >= 15 is 0 Å². The van der Waals surface area contributed by atoms with Gasteiger partial charge in [-0.15, -0.1) is 11.3 Å². The Bertz CT molecular complexity index is 1360. The van der Waals surface area contributed by atoms with E-state index in [0.717, 1.165) is 39.3 Å². The van der Waals surface area contributed by atoms with Gasteiger partial charge in [-0.05, 0) is 55.8 Å². The Morgan fingerprint density at radius 2 is 1.75 bits per heavy atom. The Kier molecular flexibility index (Phi) is 6.35. The summed E-state index contributed by atoms with van der Waals surface area (Å²) in [6.45, 7) is 3.08. The molecule has 2 aliphatic rings. The first-order valence-corrected chi connectivity index (χ1v) is 13.9. The minimum atomic E-state index is 0.0245. The summed E-state index contributed by atoms with van der Waals surface area (Å²) in [6, 6.07) is 1.97. The SMILES string of the molecule is Cn1cc(-c2cnc3c(-c4csc(C(=O)NCC5(N6CCCCC6)CCCCC5)c4)cnn3c2)cn1. The van der Waals surface area contributed by atoms with Gasteiger partial charge in [-0.3, -0.25) is 14.4 Å². The van der Waals surface area contributed by atoms with Crippen LogP contribution in [0.1, 0.15) is 61.0 Å². The number of fused-ring (bicyclic) bond motifs is 1. The molecule has 4 aromatic heterocycles. The summed E-state index contributed by atoms with van der Waals surface area (Å²) >= 11 is 1.49. The maximum Gasteiger partial charge on any atom is 0.261 e. The van der Waals surface area contributed by atoms with Gasteiger partial charge in [-0.2, -0.15) is 10.2 Å². The molecule has 1 amide bonds. The topological polar surface area (TPSA) is 80.4 Å². The van der Waals surface area contributed by atoms with Crippen molar-refractivity contribution >= 4 is 22.9 Å². The van der Waals surface area contributed by atoms with Crippen LogP contribution in [-0.2, 0) is 7.05 Å². The molecule has 0 radical (unpaired) electrons. The Morgan fingerprint density at radius 1 is 0.972 bits per heavy atom. The third kappa shape index (κ3) is 4.46. The lowest BCUT2D eigenvalue weighted by Crippen LogP contribution is -2.58. The van der Waals surface area contributed by atoms with Crippen LogP contribution in [0, 0.1) is 0 Å². The summed E-state index contributed by atoms with van der Waals surface area (Å²) in [5.74, 6) is 0.0245. The van der Waals surface area contributed by atoms with Crippen molar-refractivity contribution in [1.82, 2.24) is 34.6 Å². The number of aryl methyl sites for hydroxylation is 1. The zero-order valence-corrected chi connectivity index (χ0v) is 21.6. The molecule has 8 nitrogen and oxygen atoms in total. The Morgan fingerprint density at radius 3 is 2.53 bits per heavy atom. The second-order valence-electron chi connectivity index (χ2n) is 10.3. The predicted molar refractivity (Wildman–Crippen MR) is 142 cm³/mol. The molecule has 0 aromatic carbocycles. The van der Waals surface area contributed by atoms with Crippen LogP contribution in [0.5, 0.6) is 0 Å². The minimum absolute atomic E-state index is 0.0245. The molecule has 6 rings (SSSR count). The average Bonchev–Trinajstić information content (AvgIpc) is 3.67. The van der Waals surface area contributed by atoms with E-state index in [2.05, 4.69) is 25.4 Å². The van der Waals surface area contributed by atoms with Crippen molar-refractivity contribution in [2.75, 3.05) is 19.6 Å². The normalized spacial score (nSPS) is 18.5. The fourth-order valence-corrected chi connectivity index (χ4v) is 6.73. The maximum absolute atomic E-state index is 13.2. The lowest BCUT2D eigenvalue weighted by molar-refractivity contribution is 0.0327. The van der Waals surface area contributed by atoms with Gasteiger partial charge in [-0.1, -0.05) is 25.7 Å². The number of likely N-dealkylation sites (tertiary alicyclic amines) is 1. The summed E-state index contributed by atoms with van der Waals surface area (Å²) in [6.07, 6.45) is 19.5. The summed E-state index contributed by atoms with van der Waals surface area (Å²) in [5.41, 5.74) is 4.77. The Labute approximate surface area is 215 Å². The van der Waals surface area contributed by atoms with Crippen LogP contribution in [0.2, 0.25) is 0 Å². The number of nitrogens with zero attached hydrogens (tertiary/aromatic N) is 6. The molecule has 2 fully saturated rings. The molecule has 0 bridgehead atoms. The van der Waals surface area contributed by atoms with Gasteiger partial charge >= 0.3 is 0 Å². The first kappa shape index (κ1) is 23.4. The maximum atomic E-state index is 13.2. The largest absolute Gasteiger partial charge is 0.349 e. The molecule has 1 N–H and O–H groups in total. The average molecular weight is 504 g/mol. The van der Waals surface area contributed by atoms with E-state index < -0.39 is 0 Å². The molecule has 0 unspecified atom stereocenters. The third-order valence-corrected chi connectivity index (χ3v) is 8.85. The van der Waals surface area contributed by atoms with E-state index in [1.54, 1.807) is 9.20 Å². The highest BCUT2D eigenvalue weighted by Gasteiger charge is 2.38. The van der Waals surface area contributed by atoms with Crippen molar-refractivity contribution in [3.05, 3.63) is 47.3 Å². The van der Waals surface area contributed by atoms with Gasteiger partial charge in [-0.25, -0.2) is 9.50 Å². The smallest absolute Gasteiger partial charge is 0.261 e. The van der Waals surface area contributed by atoms with Crippen molar-refractivity contribution in [2.24, 2.45) is 7.05 Å². The van der Waals surface area contributed by atoms with E-state index in [9.17, 15) is 4.79 Å². The number of piperidine rings is 1. The first-order valence-electron chi connectivity index (χ1n) is 13.1.